The highest BCUT2D eigenvalue weighted by atomic mass is 28.3. The van der Waals surface area contributed by atoms with E-state index in [-0.39, 0.29) is 0 Å². The molecule has 0 bridgehead atoms. The quantitative estimate of drug-likeness (QED) is 0.148. The Hall–Kier alpha value is -7.77. The molecule has 0 saturated carbocycles. The maximum atomic E-state index is 6.87. The number of nitrogens with zero attached hydrogens (tertiary/aromatic N) is 1. The highest BCUT2D eigenvalue weighted by Gasteiger charge is 2.59. The van der Waals surface area contributed by atoms with E-state index in [0.717, 1.165) is 28.6 Å². The average Bonchev–Trinajstić information content (AvgIpc) is 3.38. The van der Waals surface area contributed by atoms with Gasteiger partial charge in [-0.3, -0.25) is 0 Å². The second-order valence-electron chi connectivity index (χ2n) is 16.8. The monoisotopic (exact) mass is 849 g/mol. The summed E-state index contributed by atoms with van der Waals surface area (Å²) >= 11 is 0. The number of hydrogen-bond acceptors (Lipinski definition) is 2. The van der Waals surface area contributed by atoms with E-state index in [4.69, 9.17) is 4.74 Å². The molecule has 0 unspecified atom stereocenters. The molecule has 0 atom stereocenters. The Kier molecular flexibility index (Phi) is 9.22. The molecule has 0 radical (unpaired) electrons. The van der Waals surface area contributed by atoms with Gasteiger partial charge < -0.3 is 9.64 Å². The molecule has 0 aromatic heterocycles. The van der Waals surface area contributed by atoms with E-state index < -0.39 is 16.1 Å². The summed E-state index contributed by atoms with van der Waals surface area (Å²) in [5, 5.41) is 11.1. The third-order valence-electron chi connectivity index (χ3n) is 13.4. The van der Waals surface area contributed by atoms with Gasteiger partial charge in [-0.15, -0.1) is 0 Å². The van der Waals surface area contributed by atoms with Crippen molar-refractivity contribution in [2.45, 2.75) is 0 Å². The fourth-order valence-corrected chi connectivity index (χ4v) is 23.1. The third-order valence-corrected chi connectivity index (χ3v) is 23.7. The van der Waals surface area contributed by atoms with Crippen LogP contribution in [-0.4, -0.2) is 16.1 Å². The molecule has 0 N–H and O–H groups in total. The van der Waals surface area contributed by atoms with Crippen LogP contribution in [0.3, 0.4) is 0 Å². The van der Waals surface area contributed by atoms with Crippen molar-refractivity contribution in [3.8, 4) is 33.8 Å². The molecular formula is C60H43NOSi2. The SMILES string of the molecule is c1ccc(-c2cc(-c3ccccc3)cc(N(c3ccccc3)c3ccc4c(c3)[Si](c3ccccc3)(c3ccccc3)c3ccccc3[Si]43c4ccccc4Oc4ccccc43)c2)cc1. The molecule has 2 nitrogen and oxygen atoms in total. The zero-order chi connectivity index (χ0) is 42.5. The van der Waals surface area contributed by atoms with Gasteiger partial charge >= 0.3 is 0 Å². The molecule has 10 aromatic carbocycles. The van der Waals surface area contributed by atoms with Gasteiger partial charge in [0, 0.05) is 17.1 Å². The van der Waals surface area contributed by atoms with Gasteiger partial charge in [-0.2, -0.15) is 0 Å². The molecule has 0 amide bonds. The topological polar surface area (TPSA) is 12.5 Å². The summed E-state index contributed by atoms with van der Waals surface area (Å²) in [5.41, 5.74) is 8.02. The number of rotatable bonds is 7. The largest absolute Gasteiger partial charge is 0.458 e. The first-order chi connectivity index (χ1) is 31.7. The molecule has 64 heavy (non-hydrogen) atoms. The number of benzene rings is 10. The van der Waals surface area contributed by atoms with Crippen LogP contribution in [0.2, 0.25) is 0 Å². The number of fused-ring (bicyclic) bond motifs is 8. The molecular weight excluding hydrogens is 807 g/mol. The number of ether oxygens (including phenoxy) is 1. The molecule has 10 aromatic rings. The summed E-state index contributed by atoms with van der Waals surface area (Å²) in [6, 6.07) is 97.0. The summed E-state index contributed by atoms with van der Waals surface area (Å²) in [7, 11) is -6.11. The zero-order valence-electron chi connectivity index (χ0n) is 35.2. The van der Waals surface area contributed by atoms with Crippen molar-refractivity contribution in [3.63, 3.8) is 0 Å². The lowest BCUT2D eigenvalue weighted by atomic mass is 9.97. The van der Waals surface area contributed by atoms with Crippen molar-refractivity contribution in [2.75, 3.05) is 4.90 Å². The van der Waals surface area contributed by atoms with Gasteiger partial charge in [-0.1, -0.05) is 206 Å². The van der Waals surface area contributed by atoms with Crippen molar-refractivity contribution in [1.82, 2.24) is 0 Å². The van der Waals surface area contributed by atoms with Crippen LogP contribution in [0.15, 0.2) is 261 Å². The summed E-state index contributed by atoms with van der Waals surface area (Å²) in [6.45, 7) is 0. The van der Waals surface area contributed by atoms with Gasteiger partial charge in [-0.25, -0.2) is 0 Å². The summed E-state index contributed by atoms with van der Waals surface area (Å²) < 4.78 is 6.87. The molecule has 4 heteroatoms. The van der Waals surface area contributed by atoms with Crippen molar-refractivity contribution < 1.29 is 4.74 Å². The predicted octanol–water partition coefficient (Wildman–Crippen LogP) is 9.66. The van der Waals surface area contributed by atoms with Crippen molar-refractivity contribution in [3.05, 3.63) is 261 Å². The average molecular weight is 850 g/mol. The molecule has 2 aliphatic rings. The lowest BCUT2D eigenvalue weighted by molar-refractivity contribution is 0.487. The van der Waals surface area contributed by atoms with Crippen molar-refractivity contribution in [2.24, 2.45) is 0 Å². The molecule has 1 spiro atoms. The Morgan fingerprint density at radius 1 is 0.250 bits per heavy atom. The van der Waals surface area contributed by atoms with Crippen LogP contribution in [0.1, 0.15) is 0 Å². The first-order valence-corrected chi connectivity index (χ1v) is 26.1. The van der Waals surface area contributed by atoms with Crippen LogP contribution in [0.4, 0.5) is 17.1 Å². The van der Waals surface area contributed by atoms with E-state index in [1.54, 1.807) is 0 Å². The van der Waals surface area contributed by atoms with Gasteiger partial charge in [0.25, 0.3) is 0 Å². The van der Waals surface area contributed by atoms with Gasteiger partial charge in [0.05, 0.1) is 0 Å². The molecule has 302 valence electrons. The minimum atomic E-state index is -3.07. The molecule has 12 rings (SSSR count). The standard InChI is InChI=1S/C60H43NOSi2/c1-6-22-44(23-7-1)46-40-47(45-24-8-2-9-25-45)42-50(41-46)61(48-26-10-3-11-27-48)49-38-39-59-60(43-49)63(51-28-12-4-13-29-51,52-30-14-5-15-31-52)57-36-20-21-37-58(57)64(59)55-34-18-16-32-53(55)62-54-33-17-19-35-56(54)64/h1-43H. The lowest BCUT2D eigenvalue weighted by Gasteiger charge is -2.50. The highest BCUT2D eigenvalue weighted by Crippen LogP contribution is 2.40. The first-order valence-electron chi connectivity index (χ1n) is 22.1. The van der Waals surface area contributed by atoms with Crippen LogP contribution in [-0.2, 0) is 0 Å². The van der Waals surface area contributed by atoms with Gasteiger partial charge in [0.1, 0.15) is 11.5 Å². The summed E-state index contributed by atoms with van der Waals surface area (Å²) in [4.78, 5) is 2.48. The minimum Gasteiger partial charge on any atom is -0.458 e. The van der Waals surface area contributed by atoms with Gasteiger partial charge in [0.15, 0.2) is 16.1 Å². The van der Waals surface area contributed by atoms with E-state index >= 15 is 0 Å². The molecule has 0 saturated heterocycles. The second-order valence-corrected chi connectivity index (χ2v) is 24.2. The van der Waals surface area contributed by atoms with E-state index in [9.17, 15) is 0 Å². The van der Waals surface area contributed by atoms with E-state index in [1.165, 1.54) is 63.7 Å². The predicted molar refractivity (Wildman–Crippen MR) is 273 cm³/mol. The number of hydrogen-bond donors (Lipinski definition) is 0. The van der Waals surface area contributed by atoms with Gasteiger partial charge in [-0.05, 0) is 118 Å². The minimum absolute atomic E-state index is 0.948. The van der Waals surface area contributed by atoms with Crippen LogP contribution in [0.5, 0.6) is 11.5 Å². The number of para-hydroxylation sites is 3. The Morgan fingerprint density at radius 3 is 1.17 bits per heavy atom. The Labute approximate surface area is 377 Å². The van der Waals surface area contributed by atoms with Crippen LogP contribution in [0, 0.1) is 0 Å². The van der Waals surface area contributed by atoms with Crippen LogP contribution < -0.4 is 51.1 Å². The fourth-order valence-electron chi connectivity index (χ4n) is 10.8. The molecule has 2 aliphatic heterocycles. The van der Waals surface area contributed by atoms with Crippen LogP contribution in [0.25, 0.3) is 22.3 Å². The Morgan fingerprint density at radius 2 is 0.656 bits per heavy atom. The van der Waals surface area contributed by atoms with E-state index in [0.29, 0.717) is 0 Å². The van der Waals surface area contributed by atoms with Crippen LogP contribution >= 0.6 is 0 Å². The highest BCUT2D eigenvalue weighted by molar-refractivity contribution is 7.33. The first kappa shape index (κ1) is 38.0. The van der Waals surface area contributed by atoms with Crippen molar-refractivity contribution in [1.29, 1.82) is 0 Å². The molecule has 2 heterocycles. The second kappa shape index (κ2) is 15.5. The third kappa shape index (κ3) is 5.84. The van der Waals surface area contributed by atoms with E-state index in [1.807, 2.05) is 0 Å². The zero-order valence-corrected chi connectivity index (χ0v) is 37.2. The lowest BCUT2D eigenvalue weighted by Crippen LogP contribution is -2.93. The smallest absolute Gasteiger partial charge is 0.188 e. The van der Waals surface area contributed by atoms with E-state index in [2.05, 4.69) is 266 Å². The Balaban J connectivity index is 1.22. The molecule has 0 fully saturated rings. The van der Waals surface area contributed by atoms with Gasteiger partial charge in [0.2, 0.25) is 0 Å². The fraction of sp³-hybridized carbons (Fsp3) is 0. The summed E-state index contributed by atoms with van der Waals surface area (Å²) in [5.74, 6) is 1.90. The maximum absolute atomic E-state index is 6.87. The number of anilines is 3. The molecule has 0 aliphatic carbocycles. The Bertz CT molecular complexity index is 3160. The normalized spacial score (nSPS) is 13.7. The van der Waals surface area contributed by atoms with Crippen molar-refractivity contribution >= 4 is 74.7 Å². The maximum Gasteiger partial charge on any atom is 0.188 e. The summed E-state index contributed by atoms with van der Waals surface area (Å²) in [6.07, 6.45) is 0.